The molecule has 5 rings (SSSR count). The second kappa shape index (κ2) is 16.4. The van der Waals surface area contributed by atoms with E-state index in [0.717, 1.165) is 47.5 Å². The van der Waals surface area contributed by atoms with Crippen LogP contribution in [0.1, 0.15) is 102 Å². The van der Waals surface area contributed by atoms with Crippen molar-refractivity contribution in [2.75, 3.05) is 0 Å². The molecule has 2 aromatic heterocycles. The van der Waals surface area contributed by atoms with Crippen LogP contribution in [0.15, 0.2) is 54.4 Å². The summed E-state index contributed by atoms with van der Waals surface area (Å²) < 4.78 is 1.17. The number of aromatic nitrogens is 2. The number of rotatable bonds is 9. The van der Waals surface area contributed by atoms with Crippen LogP contribution in [0.4, 0.5) is 0 Å². The largest absolute Gasteiger partial charge is 0.512 e. The molecule has 0 aliphatic heterocycles. The van der Waals surface area contributed by atoms with Gasteiger partial charge in [-0.05, 0) is 57.4 Å². The summed E-state index contributed by atoms with van der Waals surface area (Å²) in [6.45, 7) is 10.1. The molecule has 4 aromatic rings. The number of aliphatic hydroxyl groups excluding tert-OH is 1. The minimum absolute atomic E-state index is 0. The van der Waals surface area contributed by atoms with Crippen LogP contribution in [0, 0.1) is 24.8 Å². The third-order valence-corrected chi connectivity index (χ3v) is 9.59. The van der Waals surface area contributed by atoms with Gasteiger partial charge in [0.2, 0.25) is 0 Å². The van der Waals surface area contributed by atoms with E-state index in [4.69, 9.17) is 4.98 Å². The number of aliphatic hydroxyl groups is 1. The minimum atomic E-state index is 0. The molecule has 42 heavy (non-hydrogen) atoms. The molecule has 2 heterocycles. The molecule has 6 heteroatoms. The number of ketones is 1. The van der Waals surface area contributed by atoms with Gasteiger partial charge in [0.25, 0.3) is 0 Å². The summed E-state index contributed by atoms with van der Waals surface area (Å²) in [6, 6.07) is 16.7. The van der Waals surface area contributed by atoms with Crippen LogP contribution >= 0.6 is 11.3 Å². The first-order chi connectivity index (χ1) is 19.9. The predicted molar refractivity (Wildman–Crippen MR) is 174 cm³/mol. The SMILES string of the molecule is CCC(CC)C(=O)/C=C(\O)C(CC)CC.Cc1nc2ccnc(-c3[c-]c4ccccc4c(C4CCCCC4)c3)c2s1.[Ir]. The normalized spacial score (nSPS) is 14.2. The van der Waals surface area contributed by atoms with E-state index in [1.54, 1.807) is 11.3 Å². The predicted octanol–water partition coefficient (Wildman–Crippen LogP) is 10.5. The van der Waals surface area contributed by atoms with E-state index >= 15 is 0 Å². The maximum absolute atomic E-state index is 11.7. The Hall–Kier alpha value is -2.40. The van der Waals surface area contributed by atoms with Gasteiger partial charge in [-0.15, -0.1) is 40.5 Å². The summed E-state index contributed by atoms with van der Waals surface area (Å²) in [5, 5.41) is 13.4. The van der Waals surface area contributed by atoms with Crippen LogP contribution < -0.4 is 0 Å². The number of allylic oxidation sites excluding steroid dienone is 2. The van der Waals surface area contributed by atoms with Crippen LogP contribution in [0.5, 0.6) is 0 Å². The van der Waals surface area contributed by atoms with Crippen LogP contribution in [-0.4, -0.2) is 20.9 Å². The minimum Gasteiger partial charge on any atom is -0.512 e. The number of fused-ring (bicyclic) bond motifs is 2. The molecule has 227 valence electrons. The molecule has 2 aromatic carbocycles. The van der Waals surface area contributed by atoms with Gasteiger partial charge in [0.05, 0.1) is 16.3 Å². The maximum Gasteiger partial charge on any atom is 0.162 e. The molecule has 1 N–H and O–H groups in total. The number of hydrogen-bond donors (Lipinski definition) is 1. The van der Waals surface area contributed by atoms with E-state index in [0.29, 0.717) is 5.92 Å². The first-order valence-electron chi connectivity index (χ1n) is 15.5. The topological polar surface area (TPSA) is 63.1 Å². The summed E-state index contributed by atoms with van der Waals surface area (Å²) in [6.07, 6.45) is 13.4. The van der Waals surface area contributed by atoms with E-state index in [9.17, 15) is 9.90 Å². The molecule has 1 fully saturated rings. The van der Waals surface area contributed by atoms with Crippen molar-refractivity contribution >= 4 is 38.1 Å². The Morgan fingerprint density at radius 2 is 1.69 bits per heavy atom. The number of hydrogen-bond acceptors (Lipinski definition) is 5. The molecule has 0 unspecified atom stereocenters. The first kappa shape index (κ1) is 34.1. The summed E-state index contributed by atoms with van der Waals surface area (Å²) >= 11 is 1.73. The molecule has 0 spiro atoms. The van der Waals surface area contributed by atoms with Gasteiger partial charge < -0.3 is 5.11 Å². The number of thiazole rings is 1. The van der Waals surface area contributed by atoms with Gasteiger partial charge >= 0.3 is 0 Å². The van der Waals surface area contributed by atoms with Crippen molar-refractivity contribution in [3.63, 3.8) is 0 Å². The number of carbonyl (C=O) groups is 1. The maximum atomic E-state index is 11.7. The Labute approximate surface area is 269 Å². The van der Waals surface area contributed by atoms with E-state index in [1.165, 1.54) is 59.2 Å². The van der Waals surface area contributed by atoms with Crippen molar-refractivity contribution < 1.29 is 30.0 Å². The zero-order valence-electron chi connectivity index (χ0n) is 25.7. The van der Waals surface area contributed by atoms with Gasteiger partial charge in [0.1, 0.15) is 0 Å². The zero-order chi connectivity index (χ0) is 29.4. The number of carbonyl (C=O) groups excluding carboxylic acids is 1. The fraction of sp³-hybridized carbons (Fsp3) is 0.472. The molecule has 0 atom stereocenters. The van der Waals surface area contributed by atoms with E-state index in [2.05, 4.69) is 48.3 Å². The quantitative estimate of drug-likeness (QED) is 0.105. The van der Waals surface area contributed by atoms with Gasteiger partial charge in [0.15, 0.2) is 5.78 Å². The number of benzene rings is 2. The zero-order valence-corrected chi connectivity index (χ0v) is 28.9. The fourth-order valence-electron chi connectivity index (χ4n) is 6.08. The molecule has 4 nitrogen and oxygen atoms in total. The van der Waals surface area contributed by atoms with Gasteiger partial charge in [0, 0.05) is 54.6 Å². The Morgan fingerprint density at radius 3 is 2.36 bits per heavy atom. The van der Waals surface area contributed by atoms with Gasteiger partial charge in [-0.25, -0.2) is 4.98 Å². The van der Waals surface area contributed by atoms with Crippen molar-refractivity contribution in [1.82, 2.24) is 9.97 Å². The summed E-state index contributed by atoms with van der Waals surface area (Å²) in [5.74, 6) is 1.20. The summed E-state index contributed by atoms with van der Waals surface area (Å²) in [4.78, 5) is 21.1. The molecule has 0 amide bonds. The van der Waals surface area contributed by atoms with Crippen molar-refractivity contribution in [1.29, 1.82) is 0 Å². The van der Waals surface area contributed by atoms with Crippen molar-refractivity contribution in [3.05, 3.63) is 71.1 Å². The Bertz CT molecular complexity index is 1480. The van der Waals surface area contributed by atoms with Crippen LogP contribution in [0.3, 0.4) is 0 Å². The third-order valence-electron chi connectivity index (χ3n) is 8.60. The average Bonchev–Trinajstić information content (AvgIpc) is 3.39. The Morgan fingerprint density at radius 1 is 1.02 bits per heavy atom. The standard InChI is InChI=1S/C23H21N2S.C13H24O2.Ir/c1-15-25-21-11-12-24-22(23(21)26-15)18-13-17-9-5-6-10-19(17)20(14-18)16-7-3-2-4-8-16;1-5-10(6-2)12(14)9-13(15)11(7-3)8-4;/h5-6,9-12,14,16H,2-4,7-8H2,1H3;9-11,14H,5-8H2,1-4H3;/q-1;;/b;12-9-;. The summed E-state index contributed by atoms with van der Waals surface area (Å²) in [5.41, 5.74) is 4.65. The molecule has 1 aliphatic rings. The Balaban J connectivity index is 0.000000263. The number of aryl methyl sites for hydroxylation is 1. The van der Waals surface area contributed by atoms with Crippen LogP contribution in [0.25, 0.3) is 32.2 Å². The van der Waals surface area contributed by atoms with Crippen LogP contribution in [0.2, 0.25) is 0 Å². The van der Waals surface area contributed by atoms with E-state index in [1.807, 2.05) is 40.0 Å². The molecular formula is C36H45IrN2O2S-. The third kappa shape index (κ3) is 8.15. The van der Waals surface area contributed by atoms with Crippen molar-refractivity contribution in [2.45, 2.75) is 98.3 Å². The number of pyridine rings is 1. The van der Waals surface area contributed by atoms with Crippen LogP contribution in [-0.2, 0) is 24.9 Å². The number of nitrogens with zero attached hydrogens (tertiary/aromatic N) is 2. The van der Waals surface area contributed by atoms with Crippen molar-refractivity contribution in [3.8, 4) is 11.3 Å². The first-order valence-corrected chi connectivity index (χ1v) is 16.3. The summed E-state index contributed by atoms with van der Waals surface area (Å²) in [7, 11) is 0. The smallest absolute Gasteiger partial charge is 0.162 e. The molecule has 1 aliphatic carbocycles. The van der Waals surface area contributed by atoms with Gasteiger partial charge in [-0.2, -0.15) is 0 Å². The van der Waals surface area contributed by atoms with Gasteiger partial charge in [-0.3, -0.25) is 9.78 Å². The molecule has 1 radical (unpaired) electrons. The molecule has 0 bridgehead atoms. The second-order valence-electron chi connectivity index (χ2n) is 11.3. The average molecular weight is 762 g/mol. The van der Waals surface area contributed by atoms with Gasteiger partial charge in [-0.1, -0.05) is 76.1 Å². The Kier molecular flexibility index (Phi) is 13.4. The van der Waals surface area contributed by atoms with E-state index < -0.39 is 0 Å². The monoisotopic (exact) mass is 762 g/mol. The van der Waals surface area contributed by atoms with E-state index in [-0.39, 0.29) is 43.5 Å². The second-order valence-corrected chi connectivity index (χ2v) is 12.5. The fourth-order valence-corrected chi connectivity index (χ4v) is 6.99. The molecular weight excluding hydrogens is 717 g/mol. The molecule has 1 saturated carbocycles. The van der Waals surface area contributed by atoms with Crippen molar-refractivity contribution in [2.24, 2.45) is 11.8 Å². The molecule has 0 saturated heterocycles.